The molecule has 186 valence electrons. The molecule has 3 heterocycles. The minimum absolute atomic E-state index is 0.234. The van der Waals surface area contributed by atoms with Gasteiger partial charge in [0, 0.05) is 18.8 Å². The third-order valence-electron chi connectivity index (χ3n) is 8.03. The Morgan fingerprint density at radius 1 is 1.31 bits per heavy atom. The van der Waals surface area contributed by atoms with E-state index in [4.69, 9.17) is 9.72 Å². The number of hydrogen-bond donors (Lipinski definition) is 1. The monoisotopic (exact) mass is 551 g/mol. The van der Waals surface area contributed by atoms with E-state index in [1.165, 1.54) is 0 Å². The topological polar surface area (TPSA) is 77.2 Å². The molecule has 1 aromatic carbocycles. The van der Waals surface area contributed by atoms with Crippen molar-refractivity contribution in [2.75, 3.05) is 0 Å². The summed E-state index contributed by atoms with van der Waals surface area (Å²) in [6, 6.07) is 9.59. The largest absolute Gasteiger partial charge is 0.487 e. The van der Waals surface area contributed by atoms with Crippen molar-refractivity contribution >= 4 is 32.9 Å². The molecule has 0 saturated heterocycles. The van der Waals surface area contributed by atoms with Crippen molar-refractivity contribution in [3.8, 4) is 5.75 Å². The summed E-state index contributed by atoms with van der Waals surface area (Å²) in [6.45, 7) is 6.51. The lowest BCUT2D eigenvalue weighted by Crippen LogP contribution is -2.47. The van der Waals surface area contributed by atoms with Gasteiger partial charge in [-0.1, -0.05) is 22.0 Å². The average molecular weight is 552 g/mol. The second-order valence-electron chi connectivity index (χ2n) is 10.6. The van der Waals surface area contributed by atoms with E-state index in [0.29, 0.717) is 37.6 Å². The van der Waals surface area contributed by atoms with E-state index in [2.05, 4.69) is 20.9 Å². The van der Waals surface area contributed by atoms with Crippen LogP contribution in [0.15, 0.2) is 59.6 Å². The van der Waals surface area contributed by atoms with Crippen LogP contribution in [0.2, 0.25) is 0 Å². The van der Waals surface area contributed by atoms with Crippen molar-refractivity contribution in [2.24, 2.45) is 11.3 Å². The first-order chi connectivity index (χ1) is 17.1. The second kappa shape index (κ2) is 8.00. The van der Waals surface area contributed by atoms with E-state index in [1.807, 2.05) is 61.9 Å². The number of nitrogens with zero attached hydrogens (tertiary/aromatic N) is 3. The lowest BCUT2D eigenvalue weighted by molar-refractivity contribution is -0.143. The van der Waals surface area contributed by atoms with Crippen molar-refractivity contribution in [3.05, 3.63) is 76.7 Å². The van der Waals surface area contributed by atoms with Crippen LogP contribution in [-0.4, -0.2) is 29.9 Å². The first-order valence-electron chi connectivity index (χ1n) is 12.2. The van der Waals surface area contributed by atoms with Crippen LogP contribution in [0.4, 0.5) is 4.39 Å². The fourth-order valence-corrected chi connectivity index (χ4v) is 6.81. The minimum Gasteiger partial charge on any atom is -0.487 e. The fraction of sp³-hybridized carbons (Fsp3) is 0.393. The van der Waals surface area contributed by atoms with E-state index in [0.717, 1.165) is 33.4 Å². The predicted molar refractivity (Wildman–Crippen MR) is 138 cm³/mol. The molecule has 1 aliphatic heterocycles. The quantitative estimate of drug-likeness (QED) is 0.307. The Kier molecular flexibility index (Phi) is 5.20. The van der Waals surface area contributed by atoms with Crippen molar-refractivity contribution in [2.45, 2.75) is 57.0 Å². The number of benzene rings is 1. The van der Waals surface area contributed by atoms with Gasteiger partial charge in [0.05, 0.1) is 38.3 Å². The molecule has 36 heavy (non-hydrogen) atoms. The molecule has 0 spiro atoms. The van der Waals surface area contributed by atoms with Gasteiger partial charge in [-0.2, -0.15) is 0 Å². The fourth-order valence-electron chi connectivity index (χ4n) is 6.19. The summed E-state index contributed by atoms with van der Waals surface area (Å²) in [5.41, 5.74) is 4.51. The Balaban J connectivity index is 1.47. The van der Waals surface area contributed by atoms with E-state index >= 15 is 4.39 Å². The van der Waals surface area contributed by atoms with Crippen molar-refractivity contribution in [1.82, 2.24) is 14.5 Å². The Bertz CT molecular complexity index is 1470. The number of halogens is 2. The van der Waals surface area contributed by atoms with Crippen LogP contribution in [0.3, 0.4) is 0 Å². The minimum atomic E-state index is -0.926. The first kappa shape index (κ1) is 23.4. The zero-order valence-electron chi connectivity index (χ0n) is 20.4. The summed E-state index contributed by atoms with van der Waals surface area (Å²) in [4.78, 5) is 21.7. The molecule has 6 nitrogen and oxygen atoms in total. The normalized spacial score (nSPS) is 29.0. The zero-order chi connectivity index (χ0) is 25.4. The van der Waals surface area contributed by atoms with Crippen LogP contribution in [0.5, 0.6) is 5.75 Å². The van der Waals surface area contributed by atoms with Gasteiger partial charge in [-0.05, 0) is 74.6 Å². The summed E-state index contributed by atoms with van der Waals surface area (Å²) in [6.07, 6.45) is 4.57. The molecular weight excluding hydrogens is 525 g/mol. The lowest BCUT2D eigenvalue weighted by atomic mass is 9.58. The molecule has 2 aromatic heterocycles. The number of carboxylic acids is 1. The number of hydrogen-bond acceptors (Lipinski definition) is 4. The van der Waals surface area contributed by atoms with Crippen LogP contribution in [0.1, 0.15) is 49.7 Å². The summed E-state index contributed by atoms with van der Waals surface area (Å²) in [7, 11) is 0. The Hall–Kier alpha value is -3.00. The smallest absolute Gasteiger partial charge is 0.307 e. The highest BCUT2D eigenvalue weighted by molar-refractivity contribution is 9.10. The molecular formula is C28H27BrFN3O3. The molecule has 3 aromatic rings. The van der Waals surface area contributed by atoms with Gasteiger partial charge in [-0.15, -0.1) is 0 Å². The number of aromatic nitrogens is 3. The van der Waals surface area contributed by atoms with Gasteiger partial charge >= 0.3 is 5.97 Å². The highest BCUT2D eigenvalue weighted by Gasteiger charge is 2.56. The third-order valence-corrected chi connectivity index (χ3v) is 8.74. The zero-order valence-corrected chi connectivity index (χ0v) is 22.0. The molecule has 0 fully saturated rings. The number of carbonyl (C=O) groups is 1. The van der Waals surface area contributed by atoms with Gasteiger partial charge in [0.25, 0.3) is 0 Å². The number of pyridine rings is 1. The highest BCUT2D eigenvalue weighted by atomic mass is 79.9. The van der Waals surface area contributed by atoms with Crippen LogP contribution >= 0.6 is 15.9 Å². The average Bonchev–Trinajstić information content (AvgIpc) is 3.19. The molecule has 6 rings (SSSR count). The second-order valence-corrected chi connectivity index (χ2v) is 12.2. The maximum atomic E-state index is 15.8. The van der Waals surface area contributed by atoms with Crippen LogP contribution < -0.4 is 4.74 Å². The number of rotatable bonds is 4. The summed E-state index contributed by atoms with van der Waals surface area (Å²) < 4.78 is 23.2. The SMILES string of the molecule is Cc1ccc(COc2ccc3nc4n(c3c2)CC2(C)C(F)=CC(C)(Br)C3=C2[C@@H]4[C@@H](C(=O)O)CC3)nc1. The van der Waals surface area contributed by atoms with Gasteiger partial charge in [0.1, 0.15) is 24.0 Å². The molecule has 0 bridgehead atoms. The number of ether oxygens (including phenoxy) is 1. The summed E-state index contributed by atoms with van der Waals surface area (Å²) in [5.74, 6) is -0.896. The number of carboxylic acid groups (broad SMARTS) is 1. The number of alkyl halides is 1. The van der Waals surface area contributed by atoms with Gasteiger partial charge in [-0.3, -0.25) is 9.78 Å². The maximum absolute atomic E-state index is 15.8. The molecule has 4 atom stereocenters. The lowest BCUT2D eigenvalue weighted by Gasteiger charge is -2.51. The van der Waals surface area contributed by atoms with Crippen molar-refractivity contribution < 1.29 is 19.0 Å². The number of imidazole rings is 1. The molecule has 8 heteroatoms. The van der Waals surface area contributed by atoms with Gasteiger partial charge in [0.15, 0.2) is 0 Å². The molecule has 1 N–H and O–H groups in total. The number of fused-ring (bicyclic) bond motifs is 4. The predicted octanol–water partition coefficient (Wildman–Crippen LogP) is 6.23. The number of aliphatic carboxylic acids is 1. The van der Waals surface area contributed by atoms with E-state index < -0.39 is 27.5 Å². The molecule has 2 unspecified atom stereocenters. The van der Waals surface area contributed by atoms with Crippen LogP contribution in [0.25, 0.3) is 11.0 Å². The van der Waals surface area contributed by atoms with Gasteiger partial charge < -0.3 is 14.4 Å². The molecule has 0 radical (unpaired) electrons. The molecule has 3 aliphatic rings. The van der Waals surface area contributed by atoms with E-state index in [9.17, 15) is 9.90 Å². The highest BCUT2D eigenvalue weighted by Crippen LogP contribution is 2.61. The van der Waals surface area contributed by atoms with Gasteiger partial charge in [-0.25, -0.2) is 9.37 Å². The number of aryl methyl sites for hydroxylation is 1. The Morgan fingerprint density at radius 3 is 2.83 bits per heavy atom. The molecule has 0 saturated carbocycles. The Morgan fingerprint density at radius 2 is 2.11 bits per heavy atom. The van der Waals surface area contributed by atoms with Crippen molar-refractivity contribution in [1.29, 1.82) is 0 Å². The summed E-state index contributed by atoms with van der Waals surface area (Å²) in [5, 5.41) is 10.2. The van der Waals surface area contributed by atoms with Crippen LogP contribution in [0, 0.1) is 18.3 Å². The standard InChI is InChI=1S/C28H27BrFN3O3/c1-15-4-5-16(31-12-15)13-36-17-6-9-20-21(10-17)33-14-27(2)22(30)11-28(3,29)19-8-7-18(26(34)35)23(24(19)27)25(33)32-20/h4-6,9-12,18,23H,7-8,13-14H2,1-3H3,(H,34,35)/t18-,23-,27?,28?/m0/s1. The van der Waals surface area contributed by atoms with Crippen LogP contribution in [-0.2, 0) is 17.9 Å². The van der Waals surface area contributed by atoms with E-state index in [-0.39, 0.29) is 5.83 Å². The van der Waals surface area contributed by atoms with Crippen molar-refractivity contribution in [3.63, 3.8) is 0 Å². The van der Waals surface area contributed by atoms with E-state index in [1.54, 1.807) is 6.08 Å². The number of allylic oxidation sites excluding steroid dienone is 4. The Labute approximate surface area is 217 Å². The van der Waals surface area contributed by atoms with Gasteiger partial charge in [0.2, 0.25) is 0 Å². The molecule has 0 amide bonds. The maximum Gasteiger partial charge on any atom is 0.307 e. The molecule has 2 aliphatic carbocycles. The third kappa shape index (κ3) is 3.44. The first-order valence-corrected chi connectivity index (χ1v) is 13.0. The summed E-state index contributed by atoms with van der Waals surface area (Å²) >= 11 is 3.72.